The van der Waals surface area contributed by atoms with Crippen molar-refractivity contribution in [3.8, 4) is 0 Å². The van der Waals surface area contributed by atoms with Crippen LogP contribution in [0.3, 0.4) is 0 Å². The molecule has 2 fully saturated rings. The van der Waals surface area contributed by atoms with Gasteiger partial charge in [-0.1, -0.05) is 12.1 Å². The van der Waals surface area contributed by atoms with E-state index in [2.05, 4.69) is 10.2 Å². The van der Waals surface area contributed by atoms with Crippen LogP contribution in [0.15, 0.2) is 24.3 Å². The van der Waals surface area contributed by atoms with E-state index >= 15 is 0 Å². The van der Waals surface area contributed by atoms with Gasteiger partial charge in [0, 0.05) is 18.5 Å². The van der Waals surface area contributed by atoms with Crippen LogP contribution in [-0.4, -0.2) is 56.4 Å². The molecule has 3 rings (SSSR count). The van der Waals surface area contributed by atoms with Gasteiger partial charge in [-0.15, -0.1) is 0 Å². The Labute approximate surface area is 148 Å². The van der Waals surface area contributed by atoms with Gasteiger partial charge in [-0.3, -0.25) is 9.69 Å². The van der Waals surface area contributed by atoms with E-state index in [0.29, 0.717) is 19.4 Å². The molecule has 2 aliphatic rings. The average Bonchev–Trinajstić information content (AvgIpc) is 2.95. The normalized spacial score (nSPS) is 24.3. The number of hydrogen-bond acceptors (Lipinski definition) is 4. The van der Waals surface area contributed by atoms with Gasteiger partial charge in [-0.2, -0.15) is 0 Å². The van der Waals surface area contributed by atoms with Crippen LogP contribution in [0.4, 0.5) is 4.39 Å². The van der Waals surface area contributed by atoms with E-state index in [-0.39, 0.29) is 35.2 Å². The molecule has 0 bridgehead atoms. The second kappa shape index (κ2) is 7.83. The molecule has 1 atom stereocenters. The lowest BCUT2D eigenvalue weighted by Gasteiger charge is -2.34. The molecule has 0 aliphatic carbocycles. The highest BCUT2D eigenvalue weighted by atomic mass is 32.2. The van der Waals surface area contributed by atoms with Gasteiger partial charge >= 0.3 is 0 Å². The molecule has 2 heterocycles. The first-order valence-corrected chi connectivity index (χ1v) is 10.7. The maximum absolute atomic E-state index is 13.1. The fourth-order valence-corrected chi connectivity index (χ4v) is 5.52. The second-order valence-corrected chi connectivity index (χ2v) is 9.27. The van der Waals surface area contributed by atoms with Gasteiger partial charge in [0.2, 0.25) is 5.91 Å². The molecule has 0 radical (unpaired) electrons. The minimum absolute atomic E-state index is 0.0123. The molecule has 0 spiro atoms. The van der Waals surface area contributed by atoms with E-state index in [0.717, 1.165) is 31.5 Å². The van der Waals surface area contributed by atoms with E-state index in [1.54, 1.807) is 6.07 Å². The summed E-state index contributed by atoms with van der Waals surface area (Å²) in [5.74, 6) is 0.331. The molecular weight excluding hydrogens is 343 g/mol. The minimum Gasteiger partial charge on any atom is -0.356 e. The third kappa shape index (κ3) is 5.01. The Bertz CT molecular complexity index is 715. The monoisotopic (exact) mass is 368 g/mol. The summed E-state index contributed by atoms with van der Waals surface area (Å²) in [6.07, 6.45) is 2.86. The van der Waals surface area contributed by atoms with Crippen molar-refractivity contribution in [2.75, 3.05) is 31.1 Å². The van der Waals surface area contributed by atoms with Crippen LogP contribution >= 0.6 is 0 Å². The minimum atomic E-state index is -2.86. The van der Waals surface area contributed by atoms with Gasteiger partial charge in [0.1, 0.15) is 5.82 Å². The van der Waals surface area contributed by atoms with E-state index in [1.807, 2.05) is 6.07 Å². The van der Waals surface area contributed by atoms with Gasteiger partial charge in [0.05, 0.1) is 11.5 Å². The van der Waals surface area contributed by atoms with Crippen molar-refractivity contribution in [2.24, 2.45) is 5.92 Å². The number of sulfone groups is 1. The van der Waals surface area contributed by atoms with Crippen molar-refractivity contribution in [3.63, 3.8) is 0 Å². The van der Waals surface area contributed by atoms with Crippen molar-refractivity contribution in [3.05, 3.63) is 35.6 Å². The number of amides is 1. The summed E-state index contributed by atoms with van der Waals surface area (Å²) in [7, 11) is -2.86. The van der Waals surface area contributed by atoms with Gasteiger partial charge in [0.15, 0.2) is 9.84 Å². The molecule has 138 valence electrons. The Morgan fingerprint density at radius 1 is 1.24 bits per heavy atom. The average molecular weight is 368 g/mol. The molecule has 0 saturated carbocycles. The molecule has 1 aromatic rings. The van der Waals surface area contributed by atoms with Crippen LogP contribution < -0.4 is 5.32 Å². The first-order chi connectivity index (χ1) is 11.9. The van der Waals surface area contributed by atoms with Crippen molar-refractivity contribution in [1.29, 1.82) is 0 Å². The highest BCUT2D eigenvalue weighted by molar-refractivity contribution is 7.91. The molecule has 0 aromatic heterocycles. The number of nitrogens with one attached hydrogen (secondary N) is 1. The highest BCUT2D eigenvalue weighted by Gasteiger charge is 2.35. The number of carbonyl (C=O) groups excluding carboxylic acids is 1. The summed E-state index contributed by atoms with van der Waals surface area (Å²) in [6.45, 7) is 2.06. The Hall–Kier alpha value is -1.47. The quantitative estimate of drug-likeness (QED) is 0.853. The van der Waals surface area contributed by atoms with Gasteiger partial charge < -0.3 is 5.32 Å². The first kappa shape index (κ1) is 18.3. The molecule has 1 aromatic carbocycles. The molecule has 2 aliphatic heterocycles. The van der Waals surface area contributed by atoms with Gasteiger partial charge in [-0.25, -0.2) is 12.8 Å². The standard InChI is InChI=1S/C18H25FN2O3S/c19-16-3-1-2-14(12-16)4-8-20-18(22)15-5-9-21(10-6-15)17-7-11-25(23,24)13-17/h1-3,12,15,17H,4-11,13H2,(H,20,22)/t17-/m1/s1. The van der Waals surface area contributed by atoms with E-state index in [4.69, 9.17) is 0 Å². The SMILES string of the molecule is O=C(NCCc1cccc(F)c1)C1CCN([C@@H]2CCS(=O)(=O)C2)CC1. The Morgan fingerprint density at radius 3 is 2.64 bits per heavy atom. The lowest BCUT2D eigenvalue weighted by Crippen LogP contribution is -2.45. The van der Waals surface area contributed by atoms with Crippen molar-refractivity contribution in [2.45, 2.75) is 31.7 Å². The smallest absolute Gasteiger partial charge is 0.223 e. The van der Waals surface area contributed by atoms with E-state index in [1.165, 1.54) is 12.1 Å². The number of hydrogen-bond donors (Lipinski definition) is 1. The third-order valence-corrected chi connectivity index (χ3v) is 6.98. The molecule has 25 heavy (non-hydrogen) atoms. The van der Waals surface area contributed by atoms with Crippen LogP contribution in [0.1, 0.15) is 24.8 Å². The molecule has 2 saturated heterocycles. The molecular formula is C18H25FN2O3S. The summed E-state index contributed by atoms with van der Waals surface area (Å²) in [6, 6.07) is 6.54. The summed E-state index contributed by atoms with van der Waals surface area (Å²) >= 11 is 0. The van der Waals surface area contributed by atoms with E-state index < -0.39 is 9.84 Å². The zero-order valence-electron chi connectivity index (χ0n) is 14.3. The molecule has 7 heteroatoms. The maximum atomic E-state index is 13.1. The van der Waals surface area contributed by atoms with Crippen molar-refractivity contribution >= 4 is 15.7 Å². The van der Waals surface area contributed by atoms with Gasteiger partial charge in [-0.05, 0) is 56.5 Å². The zero-order valence-corrected chi connectivity index (χ0v) is 15.1. The summed E-state index contributed by atoms with van der Waals surface area (Å²) in [5.41, 5.74) is 0.873. The fraction of sp³-hybridized carbons (Fsp3) is 0.611. The first-order valence-electron chi connectivity index (χ1n) is 8.89. The number of piperidine rings is 1. The van der Waals surface area contributed by atoms with Crippen LogP contribution in [0, 0.1) is 11.7 Å². The summed E-state index contributed by atoms with van der Waals surface area (Å²) in [5, 5.41) is 2.94. The van der Waals surface area contributed by atoms with Crippen LogP contribution in [-0.2, 0) is 21.1 Å². The molecule has 1 amide bonds. The lowest BCUT2D eigenvalue weighted by atomic mass is 9.94. The molecule has 0 unspecified atom stereocenters. The van der Waals surface area contributed by atoms with Crippen molar-refractivity contribution in [1.82, 2.24) is 10.2 Å². The number of rotatable bonds is 5. The van der Waals surface area contributed by atoms with Crippen LogP contribution in [0.5, 0.6) is 0 Å². The van der Waals surface area contributed by atoms with Crippen LogP contribution in [0.25, 0.3) is 0 Å². The number of halogens is 1. The second-order valence-electron chi connectivity index (χ2n) is 7.04. The number of likely N-dealkylation sites (tertiary alicyclic amines) is 1. The third-order valence-electron chi connectivity index (χ3n) is 5.23. The Kier molecular flexibility index (Phi) is 5.74. The summed E-state index contributed by atoms with van der Waals surface area (Å²) < 4.78 is 36.3. The number of benzene rings is 1. The van der Waals surface area contributed by atoms with E-state index in [9.17, 15) is 17.6 Å². The highest BCUT2D eigenvalue weighted by Crippen LogP contribution is 2.24. The predicted octanol–water partition coefficient (Wildman–Crippen LogP) is 1.38. The molecule has 5 nitrogen and oxygen atoms in total. The Morgan fingerprint density at radius 2 is 2.00 bits per heavy atom. The Balaban J connectivity index is 1.40. The topological polar surface area (TPSA) is 66.5 Å². The number of nitrogens with zero attached hydrogens (tertiary/aromatic N) is 1. The maximum Gasteiger partial charge on any atom is 0.223 e. The molecule has 1 N–H and O–H groups in total. The van der Waals surface area contributed by atoms with Crippen molar-refractivity contribution < 1.29 is 17.6 Å². The number of carbonyl (C=O) groups is 1. The van der Waals surface area contributed by atoms with Crippen LogP contribution in [0.2, 0.25) is 0 Å². The fourth-order valence-electron chi connectivity index (χ4n) is 3.76. The zero-order chi connectivity index (χ0) is 17.9. The summed E-state index contributed by atoms with van der Waals surface area (Å²) in [4.78, 5) is 14.5. The largest absolute Gasteiger partial charge is 0.356 e. The van der Waals surface area contributed by atoms with Gasteiger partial charge in [0.25, 0.3) is 0 Å². The predicted molar refractivity (Wildman–Crippen MR) is 94.5 cm³/mol. The lowest BCUT2D eigenvalue weighted by molar-refractivity contribution is -0.126.